The fourth-order valence-electron chi connectivity index (χ4n) is 1.56. The quantitative estimate of drug-likeness (QED) is 0.847. The van der Waals surface area contributed by atoms with Crippen molar-refractivity contribution in [2.24, 2.45) is 0 Å². The zero-order valence-corrected chi connectivity index (χ0v) is 13.0. The predicted octanol–water partition coefficient (Wildman–Crippen LogP) is 4.11. The zero-order chi connectivity index (χ0) is 14.8. The summed E-state index contributed by atoms with van der Waals surface area (Å²) in [6, 6.07) is 11.0. The van der Waals surface area contributed by atoms with Crippen LogP contribution in [0.2, 0.25) is 10.0 Å². The SMILES string of the molecule is Cc1cc(OCS(=O)(=O)c2ccc(Cl)cc2)ccc1Cl. The van der Waals surface area contributed by atoms with E-state index in [2.05, 4.69) is 0 Å². The van der Waals surface area contributed by atoms with Gasteiger partial charge in [-0.15, -0.1) is 0 Å². The molecule has 106 valence electrons. The number of halogens is 2. The van der Waals surface area contributed by atoms with E-state index in [1.807, 2.05) is 6.92 Å². The topological polar surface area (TPSA) is 43.4 Å². The summed E-state index contributed by atoms with van der Waals surface area (Å²) in [5.41, 5.74) is 0.827. The van der Waals surface area contributed by atoms with E-state index in [0.29, 0.717) is 15.8 Å². The lowest BCUT2D eigenvalue weighted by Gasteiger charge is -2.08. The van der Waals surface area contributed by atoms with Crippen LogP contribution in [-0.2, 0) is 9.84 Å². The molecule has 3 nitrogen and oxygen atoms in total. The minimum Gasteiger partial charge on any atom is -0.477 e. The lowest BCUT2D eigenvalue weighted by atomic mass is 10.2. The summed E-state index contributed by atoms with van der Waals surface area (Å²) in [6.45, 7) is 1.82. The normalized spacial score (nSPS) is 11.3. The first kappa shape index (κ1) is 15.2. The molecule has 0 saturated heterocycles. The zero-order valence-electron chi connectivity index (χ0n) is 10.6. The minimum absolute atomic E-state index is 0.174. The summed E-state index contributed by atoms with van der Waals surface area (Å²) in [5.74, 6) is 0.0276. The number of benzene rings is 2. The van der Waals surface area contributed by atoms with Gasteiger partial charge in [0.05, 0.1) is 4.90 Å². The maximum absolute atomic E-state index is 12.1. The van der Waals surface area contributed by atoms with Gasteiger partial charge < -0.3 is 4.74 Å². The molecule has 0 saturated carbocycles. The van der Waals surface area contributed by atoms with Gasteiger partial charge in [0.25, 0.3) is 0 Å². The molecule has 0 aliphatic carbocycles. The molecule has 0 bridgehead atoms. The van der Waals surface area contributed by atoms with Crippen molar-refractivity contribution in [1.82, 2.24) is 0 Å². The fourth-order valence-corrected chi connectivity index (χ4v) is 2.78. The molecular weight excluding hydrogens is 319 g/mol. The third-order valence-corrected chi connectivity index (χ3v) is 4.78. The Morgan fingerprint density at radius 3 is 2.30 bits per heavy atom. The van der Waals surface area contributed by atoms with Gasteiger partial charge in [-0.1, -0.05) is 23.2 Å². The molecule has 2 aromatic carbocycles. The molecule has 2 aromatic rings. The lowest BCUT2D eigenvalue weighted by molar-refractivity contribution is 0.376. The fraction of sp³-hybridized carbons (Fsp3) is 0.143. The molecule has 0 heterocycles. The molecule has 0 aliphatic heterocycles. The summed E-state index contributed by atoms with van der Waals surface area (Å²) in [5, 5.41) is 1.09. The van der Waals surface area contributed by atoms with Crippen molar-refractivity contribution in [3.63, 3.8) is 0 Å². The highest BCUT2D eigenvalue weighted by molar-refractivity contribution is 7.91. The van der Waals surface area contributed by atoms with E-state index in [4.69, 9.17) is 27.9 Å². The predicted molar refractivity (Wildman–Crippen MR) is 80.3 cm³/mol. The van der Waals surface area contributed by atoms with Crippen LogP contribution in [0.25, 0.3) is 0 Å². The van der Waals surface area contributed by atoms with Crippen molar-refractivity contribution in [2.75, 3.05) is 5.94 Å². The van der Waals surface area contributed by atoms with E-state index in [1.165, 1.54) is 24.3 Å². The molecule has 0 fully saturated rings. The summed E-state index contributed by atoms with van der Waals surface area (Å²) in [7, 11) is -3.51. The van der Waals surface area contributed by atoms with E-state index >= 15 is 0 Å². The van der Waals surface area contributed by atoms with Crippen molar-refractivity contribution < 1.29 is 13.2 Å². The smallest absolute Gasteiger partial charge is 0.213 e. The summed E-state index contributed by atoms with van der Waals surface area (Å²) in [6.07, 6.45) is 0. The van der Waals surface area contributed by atoms with Crippen molar-refractivity contribution in [3.05, 3.63) is 58.1 Å². The number of hydrogen-bond acceptors (Lipinski definition) is 3. The highest BCUT2D eigenvalue weighted by Crippen LogP contribution is 2.22. The molecular formula is C14H12Cl2O3S. The number of ether oxygens (including phenoxy) is 1. The van der Waals surface area contributed by atoms with Gasteiger partial charge in [0.15, 0.2) is 5.94 Å². The number of rotatable bonds is 4. The minimum atomic E-state index is -3.51. The van der Waals surface area contributed by atoms with Crippen LogP contribution in [0, 0.1) is 6.92 Å². The molecule has 0 atom stereocenters. The van der Waals surface area contributed by atoms with Crippen LogP contribution < -0.4 is 4.74 Å². The lowest BCUT2D eigenvalue weighted by Crippen LogP contribution is -2.12. The molecule has 0 radical (unpaired) electrons. The average molecular weight is 331 g/mol. The highest BCUT2D eigenvalue weighted by Gasteiger charge is 2.15. The van der Waals surface area contributed by atoms with E-state index < -0.39 is 15.8 Å². The first-order valence-electron chi connectivity index (χ1n) is 5.76. The third kappa shape index (κ3) is 3.66. The monoisotopic (exact) mass is 330 g/mol. The molecule has 0 aliphatic rings. The molecule has 6 heteroatoms. The van der Waals surface area contributed by atoms with Crippen LogP contribution in [0.3, 0.4) is 0 Å². The maximum Gasteiger partial charge on any atom is 0.213 e. The molecule has 0 amide bonds. The first-order valence-corrected chi connectivity index (χ1v) is 8.16. The van der Waals surface area contributed by atoms with Gasteiger partial charge in [0.1, 0.15) is 5.75 Å². The van der Waals surface area contributed by atoms with Gasteiger partial charge in [-0.25, -0.2) is 8.42 Å². The first-order chi connectivity index (χ1) is 9.38. The van der Waals surface area contributed by atoms with Gasteiger partial charge in [-0.2, -0.15) is 0 Å². The second-order valence-corrected chi connectivity index (χ2v) is 7.02. The van der Waals surface area contributed by atoms with Crippen LogP contribution in [0.5, 0.6) is 5.75 Å². The average Bonchev–Trinajstić information content (AvgIpc) is 2.41. The van der Waals surface area contributed by atoms with E-state index in [-0.39, 0.29) is 4.90 Å². The Hall–Kier alpha value is -1.23. The van der Waals surface area contributed by atoms with Crippen LogP contribution in [-0.4, -0.2) is 14.4 Å². The standard InChI is InChI=1S/C14H12Cl2O3S/c1-10-8-12(4-7-14(10)16)19-9-20(17,18)13-5-2-11(15)3-6-13/h2-8H,9H2,1H3. The van der Waals surface area contributed by atoms with E-state index in [0.717, 1.165) is 5.56 Å². The van der Waals surface area contributed by atoms with Crippen molar-refractivity contribution in [2.45, 2.75) is 11.8 Å². The van der Waals surface area contributed by atoms with Crippen LogP contribution in [0.4, 0.5) is 0 Å². The maximum atomic E-state index is 12.1. The van der Waals surface area contributed by atoms with Gasteiger partial charge in [-0.05, 0) is 55.0 Å². The summed E-state index contributed by atoms with van der Waals surface area (Å²) < 4.78 is 29.5. The molecule has 0 spiro atoms. The molecule has 2 rings (SSSR count). The van der Waals surface area contributed by atoms with Crippen molar-refractivity contribution in [1.29, 1.82) is 0 Å². The Bertz CT molecular complexity index is 710. The Balaban J connectivity index is 2.13. The van der Waals surface area contributed by atoms with Crippen LogP contribution >= 0.6 is 23.2 Å². The number of aryl methyl sites for hydroxylation is 1. The van der Waals surface area contributed by atoms with Crippen molar-refractivity contribution in [3.8, 4) is 5.75 Å². The number of sulfone groups is 1. The molecule has 0 N–H and O–H groups in total. The van der Waals surface area contributed by atoms with Crippen molar-refractivity contribution >= 4 is 33.0 Å². The van der Waals surface area contributed by atoms with Crippen LogP contribution in [0.15, 0.2) is 47.4 Å². The molecule has 20 heavy (non-hydrogen) atoms. The largest absolute Gasteiger partial charge is 0.477 e. The Kier molecular flexibility index (Phi) is 4.58. The van der Waals surface area contributed by atoms with Gasteiger partial charge in [0, 0.05) is 10.0 Å². The van der Waals surface area contributed by atoms with Gasteiger partial charge >= 0.3 is 0 Å². The Morgan fingerprint density at radius 2 is 1.70 bits per heavy atom. The second-order valence-electron chi connectivity index (χ2n) is 4.24. The number of hydrogen-bond donors (Lipinski definition) is 0. The third-order valence-electron chi connectivity index (χ3n) is 2.68. The Labute approximate surface area is 128 Å². The van der Waals surface area contributed by atoms with Crippen LogP contribution in [0.1, 0.15) is 5.56 Å². The van der Waals surface area contributed by atoms with Gasteiger partial charge in [-0.3, -0.25) is 0 Å². The Morgan fingerprint density at radius 1 is 1.05 bits per heavy atom. The highest BCUT2D eigenvalue weighted by atomic mass is 35.5. The molecule has 0 unspecified atom stereocenters. The summed E-state index contributed by atoms with van der Waals surface area (Å²) in [4.78, 5) is 0.174. The van der Waals surface area contributed by atoms with E-state index in [9.17, 15) is 8.42 Å². The van der Waals surface area contributed by atoms with E-state index in [1.54, 1.807) is 18.2 Å². The van der Waals surface area contributed by atoms with Gasteiger partial charge in [0.2, 0.25) is 9.84 Å². The molecule has 0 aromatic heterocycles. The second kappa shape index (κ2) is 6.04. The summed E-state index contributed by atoms with van der Waals surface area (Å²) >= 11 is 11.6.